The highest BCUT2D eigenvalue weighted by Gasteiger charge is 2.63. The highest BCUT2D eigenvalue weighted by Crippen LogP contribution is 2.62. The fraction of sp³-hybridized carbons (Fsp3) is 0.438. The molecule has 3 aromatic rings. The molecule has 6 rings (SSSR count). The summed E-state index contributed by atoms with van der Waals surface area (Å²) in [5, 5.41) is 10.2. The van der Waals surface area contributed by atoms with E-state index in [0.717, 1.165) is 40.8 Å². The van der Waals surface area contributed by atoms with Gasteiger partial charge in [0.25, 0.3) is 0 Å². The van der Waals surface area contributed by atoms with Crippen molar-refractivity contribution in [3.05, 3.63) is 81.4 Å². The van der Waals surface area contributed by atoms with Gasteiger partial charge < -0.3 is 9.84 Å². The van der Waals surface area contributed by atoms with Gasteiger partial charge in [0, 0.05) is 28.4 Å². The van der Waals surface area contributed by atoms with Crippen LogP contribution >= 0.6 is 11.6 Å². The number of carbonyl (C=O) groups is 1. The number of rotatable bonds is 6. The molecule has 0 aliphatic heterocycles. The van der Waals surface area contributed by atoms with Crippen molar-refractivity contribution in [2.75, 3.05) is 0 Å². The smallest absolute Gasteiger partial charge is 0.307 e. The van der Waals surface area contributed by atoms with E-state index < -0.39 is 23.1 Å². The number of aryl methyl sites for hydroxylation is 2. The molecule has 198 valence electrons. The Labute approximate surface area is 228 Å². The molecule has 3 aliphatic carbocycles. The molecule has 0 bridgehead atoms. The summed E-state index contributed by atoms with van der Waals surface area (Å²) in [6, 6.07) is 12.0. The van der Waals surface area contributed by atoms with Crippen molar-refractivity contribution in [2.24, 2.45) is 11.3 Å². The number of carboxylic acids is 1. The predicted molar refractivity (Wildman–Crippen MR) is 146 cm³/mol. The lowest BCUT2D eigenvalue weighted by Gasteiger charge is -2.30. The van der Waals surface area contributed by atoms with E-state index in [-0.39, 0.29) is 17.8 Å². The van der Waals surface area contributed by atoms with Gasteiger partial charge in [0.1, 0.15) is 6.61 Å². The molecule has 6 heteroatoms. The quantitative estimate of drug-likeness (QED) is 0.348. The largest absolute Gasteiger partial charge is 0.486 e. The number of hydrogen-bond acceptors (Lipinski definition) is 3. The van der Waals surface area contributed by atoms with Gasteiger partial charge in [-0.25, -0.2) is 4.39 Å². The van der Waals surface area contributed by atoms with Crippen LogP contribution in [0.1, 0.15) is 79.8 Å². The molecular formula is C32H33ClFNO3. The molecule has 0 unspecified atom stereocenters. The number of nitrogens with zero attached hydrogens (tertiary/aromatic N) is 1. The second-order valence-corrected chi connectivity index (χ2v) is 12.5. The topological polar surface area (TPSA) is 59.4 Å². The number of ether oxygens (including phenoxy) is 1. The van der Waals surface area contributed by atoms with Crippen molar-refractivity contribution in [1.82, 2.24) is 4.98 Å². The van der Waals surface area contributed by atoms with E-state index in [1.54, 1.807) is 12.3 Å². The van der Waals surface area contributed by atoms with Gasteiger partial charge in [0.05, 0.1) is 10.9 Å². The maximum Gasteiger partial charge on any atom is 0.307 e. The van der Waals surface area contributed by atoms with Gasteiger partial charge in [-0.2, -0.15) is 0 Å². The normalized spacial score (nSPS) is 25.0. The Balaban J connectivity index is 1.32. The Kier molecular flexibility index (Phi) is 6.06. The van der Waals surface area contributed by atoms with Crippen molar-refractivity contribution in [3.63, 3.8) is 0 Å². The van der Waals surface area contributed by atoms with Crippen molar-refractivity contribution in [3.8, 4) is 16.9 Å². The van der Waals surface area contributed by atoms with Crippen LogP contribution in [0.4, 0.5) is 4.39 Å². The molecule has 4 nitrogen and oxygen atoms in total. The maximum atomic E-state index is 15.7. The zero-order valence-corrected chi connectivity index (χ0v) is 22.9. The number of aliphatic carboxylic acids is 1. The van der Waals surface area contributed by atoms with Crippen LogP contribution < -0.4 is 4.74 Å². The fourth-order valence-corrected chi connectivity index (χ4v) is 7.37. The Hall–Kier alpha value is -2.92. The number of aromatic nitrogens is 1. The summed E-state index contributed by atoms with van der Waals surface area (Å²) in [5.41, 5.74) is 6.31. The summed E-state index contributed by atoms with van der Waals surface area (Å²) >= 11 is 6.62. The number of hydrogen-bond donors (Lipinski definition) is 1. The summed E-state index contributed by atoms with van der Waals surface area (Å²) in [5.74, 6) is -1.16. The molecule has 38 heavy (non-hydrogen) atoms. The third kappa shape index (κ3) is 4.10. The molecule has 0 amide bonds. The van der Waals surface area contributed by atoms with E-state index in [4.69, 9.17) is 16.3 Å². The molecule has 0 radical (unpaired) electrons. The first kappa shape index (κ1) is 25.4. The van der Waals surface area contributed by atoms with Crippen LogP contribution in [0.2, 0.25) is 5.02 Å². The van der Waals surface area contributed by atoms with E-state index in [9.17, 15) is 9.90 Å². The zero-order chi connectivity index (χ0) is 26.8. The van der Waals surface area contributed by atoms with Crippen molar-refractivity contribution < 1.29 is 19.0 Å². The van der Waals surface area contributed by atoms with E-state index in [2.05, 4.69) is 31.0 Å². The van der Waals surface area contributed by atoms with E-state index in [1.807, 2.05) is 25.1 Å². The molecule has 3 atom stereocenters. The molecular weight excluding hydrogens is 501 g/mol. The highest BCUT2D eigenvalue weighted by atomic mass is 35.5. The van der Waals surface area contributed by atoms with Gasteiger partial charge in [-0.1, -0.05) is 56.1 Å². The SMILES string of the molecule is Cc1cc(-c2ccc(COc3ccc4c(c3F)[C@]3(CC4)C[C@H]3C(=O)O)cc2[C@@H]2CCCC2(C)C)c(Cl)cn1. The summed E-state index contributed by atoms with van der Waals surface area (Å²) in [6.07, 6.45) is 7.09. The molecule has 2 saturated carbocycles. The van der Waals surface area contributed by atoms with E-state index in [1.165, 1.54) is 18.4 Å². The zero-order valence-electron chi connectivity index (χ0n) is 22.1. The molecule has 2 aromatic carbocycles. The first-order valence-corrected chi connectivity index (χ1v) is 13.9. The van der Waals surface area contributed by atoms with Crippen LogP contribution in [-0.4, -0.2) is 16.1 Å². The van der Waals surface area contributed by atoms with Crippen LogP contribution in [0, 0.1) is 24.1 Å². The molecule has 1 aromatic heterocycles. The predicted octanol–water partition coefficient (Wildman–Crippen LogP) is 8.01. The van der Waals surface area contributed by atoms with Crippen LogP contribution in [0.5, 0.6) is 5.75 Å². The van der Waals surface area contributed by atoms with Crippen molar-refractivity contribution in [1.29, 1.82) is 0 Å². The molecule has 1 N–H and O–H groups in total. The summed E-state index contributed by atoms with van der Waals surface area (Å²) in [4.78, 5) is 16.0. The first-order chi connectivity index (χ1) is 18.1. The minimum atomic E-state index is -0.837. The van der Waals surface area contributed by atoms with Gasteiger partial charge >= 0.3 is 5.97 Å². The third-order valence-corrected chi connectivity index (χ3v) is 9.63. The monoisotopic (exact) mass is 533 g/mol. The lowest BCUT2D eigenvalue weighted by atomic mass is 9.75. The molecule has 2 fully saturated rings. The maximum absolute atomic E-state index is 15.7. The second-order valence-electron chi connectivity index (χ2n) is 12.1. The van der Waals surface area contributed by atoms with Crippen LogP contribution in [-0.2, 0) is 23.2 Å². The average Bonchev–Trinajstić information content (AvgIpc) is 3.33. The van der Waals surface area contributed by atoms with Crippen molar-refractivity contribution >= 4 is 17.6 Å². The fourth-order valence-electron chi connectivity index (χ4n) is 7.17. The van der Waals surface area contributed by atoms with Crippen LogP contribution in [0.15, 0.2) is 42.6 Å². The van der Waals surface area contributed by atoms with Gasteiger partial charge in [-0.3, -0.25) is 9.78 Å². The van der Waals surface area contributed by atoms with Gasteiger partial charge in [-0.15, -0.1) is 0 Å². The van der Waals surface area contributed by atoms with E-state index in [0.29, 0.717) is 29.3 Å². The standard InChI is InChI=1S/C32H33ClFNO3/c1-18-13-23(26(33)16-35-18)21-8-6-19(14-22(21)24-5-4-11-31(24,2)3)17-38-27-9-7-20-10-12-32(28(20)29(27)34)15-25(32)30(36)37/h6-9,13-14,16,24-25H,4-5,10-12,15,17H2,1-3H3,(H,36,37)/t24-,25-,32+/m0/s1. The lowest BCUT2D eigenvalue weighted by Crippen LogP contribution is -2.17. The molecule has 3 aliphatic rings. The Morgan fingerprint density at radius 1 is 1.18 bits per heavy atom. The number of fused-ring (bicyclic) bond motifs is 2. The number of pyridine rings is 1. The Morgan fingerprint density at radius 2 is 2.00 bits per heavy atom. The highest BCUT2D eigenvalue weighted by molar-refractivity contribution is 6.33. The van der Waals surface area contributed by atoms with Gasteiger partial charge in [0.2, 0.25) is 0 Å². The summed E-state index contributed by atoms with van der Waals surface area (Å²) in [7, 11) is 0. The second kappa shape index (κ2) is 9.08. The summed E-state index contributed by atoms with van der Waals surface area (Å²) < 4.78 is 21.8. The van der Waals surface area contributed by atoms with E-state index >= 15 is 4.39 Å². The minimum absolute atomic E-state index is 0.161. The molecule has 1 spiro atoms. The molecule has 0 saturated heterocycles. The van der Waals surface area contributed by atoms with Gasteiger partial charge in [-0.05, 0) is 84.7 Å². The lowest BCUT2D eigenvalue weighted by molar-refractivity contribution is -0.139. The Morgan fingerprint density at radius 3 is 2.71 bits per heavy atom. The molecule has 1 heterocycles. The Bertz CT molecular complexity index is 1450. The summed E-state index contributed by atoms with van der Waals surface area (Å²) in [6.45, 7) is 6.86. The number of halogens is 2. The van der Waals surface area contributed by atoms with Crippen molar-refractivity contribution in [2.45, 2.75) is 77.2 Å². The average molecular weight is 534 g/mol. The third-order valence-electron chi connectivity index (χ3n) is 9.33. The van der Waals surface area contributed by atoms with Gasteiger partial charge in [0.15, 0.2) is 11.6 Å². The number of carboxylic acid groups (broad SMARTS) is 1. The number of benzene rings is 2. The first-order valence-electron chi connectivity index (χ1n) is 13.5. The minimum Gasteiger partial charge on any atom is -0.486 e. The van der Waals surface area contributed by atoms with Crippen LogP contribution in [0.3, 0.4) is 0 Å². The van der Waals surface area contributed by atoms with Crippen LogP contribution in [0.25, 0.3) is 11.1 Å².